The Labute approximate surface area is 125 Å². The minimum atomic E-state index is -3.43. The van der Waals surface area contributed by atoms with Crippen LogP contribution in [0.5, 0.6) is 5.75 Å². The molecule has 1 N–H and O–H groups in total. The Morgan fingerprint density at radius 2 is 1.76 bits per heavy atom. The predicted molar refractivity (Wildman–Crippen MR) is 80.9 cm³/mol. The van der Waals surface area contributed by atoms with Gasteiger partial charge in [-0.05, 0) is 44.9 Å². The summed E-state index contributed by atoms with van der Waals surface area (Å²) in [4.78, 5) is 11.9. The molecule has 21 heavy (non-hydrogen) atoms. The molecule has 0 heterocycles. The summed E-state index contributed by atoms with van der Waals surface area (Å²) in [6, 6.07) is 6.33. The van der Waals surface area contributed by atoms with Crippen molar-refractivity contribution in [1.82, 2.24) is 0 Å². The maximum Gasteiger partial charge on any atom is 0.310 e. The summed E-state index contributed by atoms with van der Waals surface area (Å²) in [5.41, 5.74) is 0.771. The lowest BCUT2D eigenvalue weighted by atomic mass is 10.0. The summed E-state index contributed by atoms with van der Waals surface area (Å²) < 4.78 is 28.4. The molecule has 0 spiro atoms. The van der Waals surface area contributed by atoms with E-state index < -0.39 is 26.5 Å². The Kier molecular flexibility index (Phi) is 5.39. The molecule has 1 aromatic carbocycles. The first-order chi connectivity index (χ1) is 9.56. The van der Waals surface area contributed by atoms with E-state index in [1.54, 1.807) is 32.9 Å². The zero-order chi connectivity index (χ0) is 16.3. The van der Waals surface area contributed by atoms with Gasteiger partial charge in [-0.2, -0.15) is 0 Å². The average Bonchev–Trinajstić information content (AvgIpc) is 2.38. The van der Waals surface area contributed by atoms with Crippen LogP contribution in [0, 0.1) is 5.92 Å². The summed E-state index contributed by atoms with van der Waals surface area (Å²) in [5, 5.41) is 9.25. The lowest BCUT2D eigenvalue weighted by Gasteiger charge is -2.22. The minimum absolute atomic E-state index is 0.121. The first-order valence-electron chi connectivity index (χ1n) is 6.65. The largest absolute Gasteiger partial charge is 0.508 e. The van der Waals surface area contributed by atoms with Crippen molar-refractivity contribution in [2.75, 3.05) is 12.9 Å². The Balaban J connectivity index is 2.97. The van der Waals surface area contributed by atoms with E-state index in [0.717, 1.165) is 5.56 Å². The van der Waals surface area contributed by atoms with E-state index in [0.29, 0.717) is 0 Å². The molecule has 0 bridgehead atoms. The molecule has 1 unspecified atom stereocenters. The molecule has 0 amide bonds. The molecule has 0 fully saturated rings. The van der Waals surface area contributed by atoms with Crippen LogP contribution in [-0.2, 0) is 25.8 Å². The molecule has 0 aliphatic carbocycles. The quantitative estimate of drug-likeness (QED) is 0.840. The number of hydrogen-bond donors (Lipinski definition) is 1. The molecule has 0 aromatic heterocycles. The third-order valence-corrected chi connectivity index (χ3v) is 6.01. The number of sulfone groups is 1. The lowest BCUT2D eigenvalue weighted by Crippen LogP contribution is -2.36. The van der Waals surface area contributed by atoms with Gasteiger partial charge in [-0.1, -0.05) is 12.1 Å². The van der Waals surface area contributed by atoms with Gasteiger partial charge in [-0.3, -0.25) is 4.79 Å². The molecule has 0 aliphatic rings. The Morgan fingerprint density at radius 1 is 1.24 bits per heavy atom. The van der Waals surface area contributed by atoms with Gasteiger partial charge in [0.25, 0.3) is 0 Å². The highest BCUT2D eigenvalue weighted by atomic mass is 32.2. The third-order valence-electron chi connectivity index (χ3n) is 3.31. The summed E-state index contributed by atoms with van der Waals surface area (Å²) in [6.45, 7) is 4.83. The van der Waals surface area contributed by atoms with Gasteiger partial charge in [0.15, 0.2) is 9.84 Å². The normalized spacial score (nSPS) is 13.7. The highest BCUT2D eigenvalue weighted by Crippen LogP contribution is 2.22. The van der Waals surface area contributed by atoms with Crippen molar-refractivity contribution >= 4 is 15.8 Å². The number of esters is 1. The predicted octanol–water partition coefficient (Wildman–Crippen LogP) is 1.94. The number of hydrogen-bond acceptors (Lipinski definition) is 5. The van der Waals surface area contributed by atoms with Crippen LogP contribution < -0.4 is 0 Å². The van der Waals surface area contributed by atoms with Gasteiger partial charge in [0, 0.05) is 0 Å². The summed E-state index contributed by atoms with van der Waals surface area (Å²) in [7, 11) is -2.18. The van der Waals surface area contributed by atoms with Crippen LogP contribution >= 0.6 is 0 Å². The summed E-state index contributed by atoms with van der Waals surface area (Å²) in [6.07, 6.45) is 0.252. The Bertz CT molecular complexity index is 581. The molecule has 0 radical (unpaired) electrons. The Hall–Kier alpha value is -1.56. The van der Waals surface area contributed by atoms with Crippen LogP contribution in [0.3, 0.4) is 0 Å². The number of rotatable bonds is 5. The number of ether oxygens (including phenoxy) is 1. The van der Waals surface area contributed by atoms with E-state index in [4.69, 9.17) is 4.74 Å². The van der Waals surface area contributed by atoms with E-state index in [1.165, 1.54) is 19.2 Å². The van der Waals surface area contributed by atoms with E-state index >= 15 is 0 Å². The zero-order valence-electron chi connectivity index (χ0n) is 12.8. The smallest absolute Gasteiger partial charge is 0.310 e. The fourth-order valence-electron chi connectivity index (χ4n) is 1.81. The van der Waals surface area contributed by atoms with Crippen LogP contribution in [0.25, 0.3) is 0 Å². The molecule has 0 saturated heterocycles. The summed E-state index contributed by atoms with van der Waals surface area (Å²) in [5.74, 6) is -1.44. The van der Waals surface area contributed by atoms with Crippen molar-refractivity contribution < 1.29 is 23.1 Å². The monoisotopic (exact) mass is 314 g/mol. The molecule has 118 valence electrons. The molecule has 6 heteroatoms. The van der Waals surface area contributed by atoms with Crippen molar-refractivity contribution in [3.8, 4) is 5.75 Å². The van der Waals surface area contributed by atoms with Gasteiger partial charge >= 0.3 is 5.97 Å². The maximum atomic E-state index is 12.3. The van der Waals surface area contributed by atoms with Crippen molar-refractivity contribution in [3.63, 3.8) is 0 Å². The van der Waals surface area contributed by atoms with Gasteiger partial charge in [0.1, 0.15) is 5.75 Å². The number of phenolic OH excluding ortho intramolecular Hbond substituents is 1. The van der Waals surface area contributed by atoms with Gasteiger partial charge in [0.05, 0.1) is 23.5 Å². The van der Waals surface area contributed by atoms with Gasteiger partial charge in [0.2, 0.25) is 0 Å². The van der Waals surface area contributed by atoms with E-state index in [1.807, 2.05) is 0 Å². The molecule has 5 nitrogen and oxygen atoms in total. The molecule has 1 atom stereocenters. The van der Waals surface area contributed by atoms with Crippen molar-refractivity contribution in [3.05, 3.63) is 29.8 Å². The second-order valence-corrected chi connectivity index (χ2v) is 8.77. The molecular weight excluding hydrogens is 292 g/mol. The fourth-order valence-corrected chi connectivity index (χ4v) is 3.09. The third kappa shape index (κ3) is 4.74. The number of carbonyl (C=O) groups is 1. The minimum Gasteiger partial charge on any atom is -0.508 e. The number of aromatic hydroxyl groups is 1. The van der Waals surface area contributed by atoms with E-state index in [2.05, 4.69) is 0 Å². The molecular formula is C15H22O5S. The zero-order valence-corrected chi connectivity index (χ0v) is 13.6. The number of benzene rings is 1. The van der Waals surface area contributed by atoms with Crippen molar-refractivity contribution in [2.24, 2.45) is 5.92 Å². The number of carbonyl (C=O) groups excluding carboxylic acids is 1. The summed E-state index contributed by atoms with van der Waals surface area (Å²) >= 11 is 0. The first-order valence-corrected chi connectivity index (χ1v) is 8.30. The van der Waals surface area contributed by atoms with E-state index in [9.17, 15) is 18.3 Å². The molecule has 0 saturated carbocycles. The van der Waals surface area contributed by atoms with Crippen LogP contribution in [0.1, 0.15) is 26.3 Å². The average molecular weight is 314 g/mol. The van der Waals surface area contributed by atoms with E-state index in [-0.39, 0.29) is 17.9 Å². The Morgan fingerprint density at radius 3 is 2.19 bits per heavy atom. The van der Waals surface area contributed by atoms with Crippen LogP contribution in [0.2, 0.25) is 0 Å². The van der Waals surface area contributed by atoms with Gasteiger partial charge < -0.3 is 9.84 Å². The van der Waals surface area contributed by atoms with Crippen LogP contribution in [0.15, 0.2) is 24.3 Å². The van der Waals surface area contributed by atoms with Gasteiger partial charge in [-0.25, -0.2) is 8.42 Å². The number of phenols is 1. The van der Waals surface area contributed by atoms with Gasteiger partial charge in [-0.15, -0.1) is 0 Å². The second-order valence-electron chi connectivity index (χ2n) is 5.98. The highest BCUT2D eigenvalue weighted by Gasteiger charge is 2.34. The molecule has 1 aromatic rings. The van der Waals surface area contributed by atoms with Crippen molar-refractivity contribution in [2.45, 2.75) is 31.9 Å². The SMILES string of the molecule is COC(=O)C(Cc1ccc(O)cc1)CS(=O)(=O)C(C)(C)C. The topological polar surface area (TPSA) is 80.7 Å². The fraction of sp³-hybridized carbons (Fsp3) is 0.533. The second kappa shape index (κ2) is 6.47. The number of methoxy groups -OCH3 is 1. The van der Waals surface area contributed by atoms with Crippen molar-refractivity contribution in [1.29, 1.82) is 0 Å². The lowest BCUT2D eigenvalue weighted by molar-refractivity contribution is -0.144. The maximum absolute atomic E-state index is 12.3. The van der Waals surface area contributed by atoms with Crippen LogP contribution in [0.4, 0.5) is 0 Å². The molecule has 0 aliphatic heterocycles. The first kappa shape index (κ1) is 17.5. The highest BCUT2D eigenvalue weighted by molar-refractivity contribution is 7.92. The standard InChI is InChI=1S/C15H22O5S/c1-15(2,3)21(18,19)10-12(14(17)20-4)9-11-5-7-13(16)8-6-11/h5-8,12,16H,9-10H2,1-4H3. The molecule has 1 rings (SSSR count). The van der Waals surface area contributed by atoms with Crippen LogP contribution in [-0.4, -0.2) is 37.1 Å².